The van der Waals surface area contributed by atoms with Crippen LogP contribution in [0.25, 0.3) is 28.1 Å². The van der Waals surface area contributed by atoms with Crippen molar-refractivity contribution in [3.8, 4) is 16.9 Å². The van der Waals surface area contributed by atoms with Crippen LogP contribution < -0.4 is 10.2 Å². The maximum absolute atomic E-state index is 14.0. The molecule has 1 aromatic carbocycles. The van der Waals surface area contributed by atoms with Gasteiger partial charge in [-0.15, -0.1) is 0 Å². The molecule has 0 aliphatic carbocycles. The van der Waals surface area contributed by atoms with Gasteiger partial charge in [0.25, 0.3) is 0 Å². The average Bonchev–Trinajstić information content (AvgIpc) is 3.14. The van der Waals surface area contributed by atoms with Crippen LogP contribution in [0, 0.1) is 6.92 Å². The Morgan fingerprint density at radius 1 is 0.938 bits per heavy atom. The SMILES string of the molecule is Cc1nc2ccc(-c3ccncc3)nc2n1-c1ccc(N2CCNCC2)c(C(F)(F)F)c1. The van der Waals surface area contributed by atoms with Crippen LogP contribution in [0.2, 0.25) is 0 Å². The highest BCUT2D eigenvalue weighted by molar-refractivity contribution is 5.78. The van der Waals surface area contributed by atoms with E-state index in [1.54, 1.807) is 40.9 Å². The highest BCUT2D eigenvalue weighted by Gasteiger charge is 2.36. The molecule has 1 fully saturated rings. The largest absolute Gasteiger partial charge is 0.418 e. The lowest BCUT2D eigenvalue weighted by molar-refractivity contribution is -0.137. The number of nitrogens with one attached hydrogen (secondary N) is 1. The summed E-state index contributed by atoms with van der Waals surface area (Å²) in [6, 6.07) is 11.8. The Balaban J connectivity index is 1.65. The molecule has 0 saturated carbocycles. The third kappa shape index (κ3) is 3.69. The summed E-state index contributed by atoms with van der Waals surface area (Å²) in [6.07, 6.45) is -1.13. The van der Waals surface area contributed by atoms with Crippen molar-refractivity contribution in [2.24, 2.45) is 0 Å². The highest BCUT2D eigenvalue weighted by Crippen LogP contribution is 2.38. The van der Waals surface area contributed by atoms with Crippen LogP contribution in [-0.2, 0) is 6.18 Å². The standard InChI is InChI=1S/C23H21F3N6/c1-15-29-20-4-3-19(16-6-8-27-9-7-16)30-22(20)32(15)17-2-5-21(18(14-17)23(24,25)26)31-12-10-28-11-13-31/h2-9,14,28H,10-13H2,1H3. The molecule has 0 atom stereocenters. The Labute approximate surface area is 182 Å². The van der Waals surface area contributed by atoms with Gasteiger partial charge in [0, 0.05) is 55.5 Å². The van der Waals surface area contributed by atoms with Gasteiger partial charge < -0.3 is 10.2 Å². The van der Waals surface area contributed by atoms with Gasteiger partial charge in [0.05, 0.1) is 11.3 Å². The van der Waals surface area contributed by atoms with E-state index in [1.807, 2.05) is 24.3 Å². The molecular formula is C23H21F3N6. The van der Waals surface area contributed by atoms with Crippen LogP contribution in [0.3, 0.4) is 0 Å². The number of nitrogens with zero attached hydrogens (tertiary/aromatic N) is 5. The van der Waals surface area contributed by atoms with E-state index in [2.05, 4.69) is 15.3 Å². The number of hydrogen-bond donors (Lipinski definition) is 1. The number of halogens is 3. The zero-order chi connectivity index (χ0) is 22.3. The summed E-state index contributed by atoms with van der Waals surface area (Å²) in [7, 11) is 0. The Morgan fingerprint density at radius 3 is 2.41 bits per heavy atom. The Hall–Kier alpha value is -3.46. The predicted molar refractivity (Wildman–Crippen MR) is 117 cm³/mol. The Bertz CT molecular complexity index is 1260. The topological polar surface area (TPSA) is 58.9 Å². The van der Waals surface area contributed by atoms with Gasteiger partial charge in [0.1, 0.15) is 11.3 Å². The molecule has 32 heavy (non-hydrogen) atoms. The molecule has 6 nitrogen and oxygen atoms in total. The fourth-order valence-electron chi connectivity index (χ4n) is 4.13. The first kappa shape index (κ1) is 20.4. The zero-order valence-electron chi connectivity index (χ0n) is 17.4. The monoisotopic (exact) mass is 438 g/mol. The molecule has 3 aromatic heterocycles. The first-order chi connectivity index (χ1) is 15.4. The quantitative estimate of drug-likeness (QED) is 0.519. The third-order valence-corrected chi connectivity index (χ3v) is 5.65. The number of fused-ring (bicyclic) bond motifs is 1. The van der Waals surface area contributed by atoms with Gasteiger partial charge in [-0.25, -0.2) is 9.97 Å². The first-order valence-corrected chi connectivity index (χ1v) is 10.4. The maximum Gasteiger partial charge on any atom is 0.418 e. The molecule has 0 bridgehead atoms. The molecule has 0 unspecified atom stereocenters. The van der Waals surface area contributed by atoms with E-state index in [4.69, 9.17) is 4.98 Å². The molecule has 0 amide bonds. The van der Waals surface area contributed by atoms with Gasteiger partial charge in [0.15, 0.2) is 5.65 Å². The van der Waals surface area contributed by atoms with Crippen LogP contribution in [0.15, 0.2) is 54.9 Å². The molecule has 164 valence electrons. The molecule has 4 heterocycles. The van der Waals surface area contributed by atoms with Crippen LogP contribution in [0.1, 0.15) is 11.4 Å². The number of aryl methyl sites for hydroxylation is 1. The molecule has 4 aromatic rings. The van der Waals surface area contributed by atoms with E-state index < -0.39 is 11.7 Å². The van der Waals surface area contributed by atoms with Gasteiger partial charge in [0.2, 0.25) is 0 Å². The van der Waals surface area contributed by atoms with Crippen molar-refractivity contribution in [3.05, 3.63) is 66.2 Å². The average molecular weight is 438 g/mol. The third-order valence-electron chi connectivity index (χ3n) is 5.65. The smallest absolute Gasteiger partial charge is 0.368 e. The summed E-state index contributed by atoms with van der Waals surface area (Å²) in [6.45, 7) is 4.15. The lowest BCUT2D eigenvalue weighted by Crippen LogP contribution is -2.44. The molecule has 1 aliphatic rings. The number of piperazine rings is 1. The van der Waals surface area contributed by atoms with E-state index in [0.29, 0.717) is 54.5 Å². The summed E-state index contributed by atoms with van der Waals surface area (Å²) in [4.78, 5) is 15.0. The van der Waals surface area contributed by atoms with Crippen molar-refractivity contribution >= 4 is 16.9 Å². The van der Waals surface area contributed by atoms with Crippen LogP contribution in [0.4, 0.5) is 18.9 Å². The van der Waals surface area contributed by atoms with Gasteiger partial charge in [-0.05, 0) is 49.4 Å². The summed E-state index contributed by atoms with van der Waals surface area (Å²) in [5.41, 5.74) is 2.65. The van der Waals surface area contributed by atoms with Crippen molar-refractivity contribution < 1.29 is 13.2 Å². The van der Waals surface area contributed by atoms with Crippen molar-refractivity contribution in [2.75, 3.05) is 31.1 Å². The minimum atomic E-state index is -4.48. The number of imidazole rings is 1. The minimum Gasteiger partial charge on any atom is -0.368 e. The molecule has 0 radical (unpaired) electrons. The number of pyridine rings is 2. The molecule has 1 saturated heterocycles. The highest BCUT2D eigenvalue weighted by atomic mass is 19.4. The van der Waals surface area contributed by atoms with E-state index in [9.17, 15) is 13.2 Å². The van der Waals surface area contributed by atoms with E-state index in [-0.39, 0.29) is 5.69 Å². The normalized spacial score (nSPS) is 14.8. The van der Waals surface area contributed by atoms with Crippen molar-refractivity contribution in [2.45, 2.75) is 13.1 Å². The van der Waals surface area contributed by atoms with Gasteiger partial charge in [-0.2, -0.15) is 13.2 Å². The Kier molecular flexibility index (Phi) is 5.05. The second kappa shape index (κ2) is 7.90. The van der Waals surface area contributed by atoms with Gasteiger partial charge in [-0.3, -0.25) is 9.55 Å². The van der Waals surface area contributed by atoms with E-state index in [1.165, 1.54) is 6.07 Å². The molecular weight excluding hydrogens is 417 g/mol. The summed E-state index contributed by atoms with van der Waals surface area (Å²) in [5, 5.41) is 3.18. The van der Waals surface area contributed by atoms with Gasteiger partial charge in [-0.1, -0.05) is 0 Å². The molecule has 1 aliphatic heterocycles. The minimum absolute atomic E-state index is 0.204. The predicted octanol–water partition coefficient (Wildman–Crippen LogP) is 4.22. The summed E-state index contributed by atoms with van der Waals surface area (Å²) >= 11 is 0. The number of aromatic nitrogens is 4. The molecule has 1 N–H and O–H groups in total. The number of rotatable bonds is 3. The fraction of sp³-hybridized carbons (Fsp3) is 0.261. The second-order valence-electron chi connectivity index (χ2n) is 7.71. The number of alkyl halides is 3. The lowest BCUT2D eigenvalue weighted by Gasteiger charge is -2.31. The molecule has 5 rings (SSSR count). The number of hydrogen-bond acceptors (Lipinski definition) is 5. The first-order valence-electron chi connectivity index (χ1n) is 10.4. The van der Waals surface area contributed by atoms with E-state index >= 15 is 0 Å². The van der Waals surface area contributed by atoms with Crippen LogP contribution in [-0.4, -0.2) is 45.7 Å². The maximum atomic E-state index is 14.0. The number of benzene rings is 1. The van der Waals surface area contributed by atoms with Crippen molar-refractivity contribution in [1.82, 2.24) is 24.8 Å². The molecule has 0 spiro atoms. The van der Waals surface area contributed by atoms with Crippen molar-refractivity contribution in [1.29, 1.82) is 0 Å². The van der Waals surface area contributed by atoms with Crippen LogP contribution >= 0.6 is 0 Å². The zero-order valence-corrected chi connectivity index (χ0v) is 17.4. The summed E-state index contributed by atoms with van der Waals surface area (Å²) in [5.74, 6) is 0.572. The second-order valence-corrected chi connectivity index (χ2v) is 7.71. The summed E-state index contributed by atoms with van der Waals surface area (Å²) < 4.78 is 43.8. The Morgan fingerprint density at radius 2 is 1.69 bits per heavy atom. The molecule has 9 heteroatoms. The van der Waals surface area contributed by atoms with E-state index in [0.717, 1.165) is 5.56 Å². The lowest BCUT2D eigenvalue weighted by atomic mass is 10.1. The van der Waals surface area contributed by atoms with Crippen LogP contribution in [0.5, 0.6) is 0 Å². The fourth-order valence-corrected chi connectivity index (χ4v) is 4.13. The number of anilines is 1. The van der Waals surface area contributed by atoms with Crippen molar-refractivity contribution in [3.63, 3.8) is 0 Å². The van der Waals surface area contributed by atoms with Gasteiger partial charge >= 0.3 is 6.18 Å².